The van der Waals surface area contributed by atoms with Crippen LogP contribution < -0.4 is 20.7 Å². The number of quaternary nitrogens is 1. The van der Waals surface area contributed by atoms with Gasteiger partial charge in [0, 0.05) is 30.9 Å². The molecule has 3 aromatic rings. The van der Waals surface area contributed by atoms with Gasteiger partial charge in [-0.3, -0.25) is 14.9 Å². The van der Waals surface area contributed by atoms with Crippen LogP contribution in [0, 0.1) is 0 Å². The van der Waals surface area contributed by atoms with E-state index in [1.165, 1.54) is 0 Å². The van der Waals surface area contributed by atoms with Crippen molar-refractivity contribution in [2.75, 3.05) is 18.6 Å². The Morgan fingerprint density at radius 3 is 2.79 bits per heavy atom. The second kappa shape index (κ2) is 7.13. The molecule has 1 aromatic heterocycles. The number of pyridine rings is 1. The molecule has 28 heavy (non-hydrogen) atoms. The predicted octanol–water partition coefficient (Wildman–Crippen LogP) is 1.73. The molecule has 7 nitrogen and oxygen atoms in total. The summed E-state index contributed by atoms with van der Waals surface area (Å²) in [6.45, 7) is 0.0571. The van der Waals surface area contributed by atoms with E-state index in [0.29, 0.717) is 11.3 Å². The topological polar surface area (TPSA) is 102 Å². The number of nitrogens with zero attached hydrogens (tertiary/aromatic N) is 2. The first-order valence-corrected chi connectivity index (χ1v) is 8.76. The number of hydrogen-bond donors (Lipinski definition) is 2. The van der Waals surface area contributed by atoms with Crippen molar-refractivity contribution < 1.29 is 19.6 Å². The number of benzene rings is 2. The van der Waals surface area contributed by atoms with Crippen molar-refractivity contribution in [3.05, 3.63) is 66.4 Å². The predicted molar refractivity (Wildman–Crippen MR) is 105 cm³/mol. The van der Waals surface area contributed by atoms with Crippen LogP contribution in [-0.2, 0) is 4.79 Å². The highest BCUT2D eigenvalue weighted by atomic mass is 16.5. The van der Waals surface area contributed by atoms with Crippen LogP contribution in [0.5, 0.6) is 5.75 Å². The van der Waals surface area contributed by atoms with Gasteiger partial charge >= 0.3 is 0 Å². The maximum Gasteiger partial charge on any atom is 0.264 e. The molecule has 1 aliphatic rings. The number of nitrogens with two attached hydrogens (primary N) is 2. The minimum atomic E-state index is -0.466. The number of ether oxygens (including phenoxy) is 1. The van der Waals surface area contributed by atoms with Crippen LogP contribution in [-0.4, -0.2) is 30.5 Å². The van der Waals surface area contributed by atoms with Gasteiger partial charge in [0.25, 0.3) is 5.91 Å². The van der Waals surface area contributed by atoms with Gasteiger partial charge < -0.3 is 15.4 Å². The van der Waals surface area contributed by atoms with E-state index < -0.39 is 5.91 Å². The first-order valence-electron chi connectivity index (χ1n) is 8.76. The van der Waals surface area contributed by atoms with Crippen LogP contribution >= 0.6 is 0 Å². The summed E-state index contributed by atoms with van der Waals surface area (Å²) < 4.78 is 5.48. The molecule has 0 aliphatic carbocycles. The van der Waals surface area contributed by atoms with Crippen molar-refractivity contribution in [2.24, 2.45) is 5.73 Å². The van der Waals surface area contributed by atoms with Crippen LogP contribution in [0.2, 0.25) is 0 Å². The Hall–Kier alpha value is -3.71. The third-order valence-corrected chi connectivity index (χ3v) is 4.65. The fourth-order valence-corrected chi connectivity index (χ4v) is 3.11. The van der Waals surface area contributed by atoms with Gasteiger partial charge in [-0.05, 0) is 41.5 Å². The average Bonchev–Trinajstić information content (AvgIpc) is 2.71. The van der Waals surface area contributed by atoms with Gasteiger partial charge in [0.1, 0.15) is 11.4 Å². The Morgan fingerprint density at radius 2 is 1.96 bits per heavy atom. The minimum absolute atomic E-state index is 0.0571. The van der Waals surface area contributed by atoms with Crippen molar-refractivity contribution in [3.8, 4) is 16.9 Å². The Kier molecular flexibility index (Phi) is 4.50. The summed E-state index contributed by atoms with van der Waals surface area (Å²) >= 11 is 0. The van der Waals surface area contributed by atoms with Gasteiger partial charge in [-0.2, -0.15) is 0 Å². The molecule has 0 saturated heterocycles. The van der Waals surface area contributed by atoms with Crippen LogP contribution in [0.1, 0.15) is 10.4 Å². The smallest absolute Gasteiger partial charge is 0.264 e. The van der Waals surface area contributed by atoms with Crippen LogP contribution in [0.4, 0.5) is 17.2 Å². The van der Waals surface area contributed by atoms with Crippen LogP contribution in [0.3, 0.4) is 0 Å². The highest BCUT2D eigenvalue weighted by Gasteiger charge is 2.22. The van der Waals surface area contributed by atoms with E-state index in [9.17, 15) is 9.59 Å². The number of fused-ring (bicyclic) bond motifs is 1. The molecule has 1 aliphatic heterocycles. The molecule has 4 rings (SSSR count). The molecule has 0 unspecified atom stereocenters. The summed E-state index contributed by atoms with van der Waals surface area (Å²) in [7, 11) is 1.74. The lowest BCUT2D eigenvalue weighted by Gasteiger charge is -2.26. The SMILES string of the molecule is CN1C(=O)COc2ccc(-c3ccnc([NH2+]c4cccc(C(N)=O)c4)c3)cc21. The van der Waals surface area contributed by atoms with E-state index in [4.69, 9.17) is 10.5 Å². The number of hydrogen-bond acceptors (Lipinski definition) is 4. The van der Waals surface area contributed by atoms with Gasteiger partial charge in [0.15, 0.2) is 6.61 Å². The van der Waals surface area contributed by atoms with Crippen LogP contribution in [0.25, 0.3) is 11.1 Å². The van der Waals surface area contributed by atoms with E-state index in [-0.39, 0.29) is 12.5 Å². The lowest BCUT2D eigenvalue weighted by atomic mass is 10.0. The first-order chi connectivity index (χ1) is 13.5. The largest absolute Gasteiger partial charge is 0.482 e. The van der Waals surface area contributed by atoms with Crippen LogP contribution in [0.15, 0.2) is 60.8 Å². The van der Waals surface area contributed by atoms with Crippen molar-refractivity contribution in [1.82, 2.24) is 4.98 Å². The monoisotopic (exact) mass is 375 g/mol. The van der Waals surface area contributed by atoms with Crippen molar-refractivity contribution in [1.29, 1.82) is 0 Å². The summed E-state index contributed by atoms with van der Waals surface area (Å²) in [5.41, 5.74) is 9.29. The third-order valence-electron chi connectivity index (χ3n) is 4.65. The zero-order valence-corrected chi connectivity index (χ0v) is 15.3. The van der Waals surface area contributed by atoms with Gasteiger partial charge in [0.2, 0.25) is 11.7 Å². The molecule has 2 amide bonds. The van der Waals surface area contributed by atoms with E-state index in [0.717, 1.165) is 28.3 Å². The third kappa shape index (κ3) is 3.43. The molecule has 0 fully saturated rings. The zero-order valence-electron chi connectivity index (χ0n) is 15.3. The lowest BCUT2D eigenvalue weighted by molar-refractivity contribution is -0.482. The molecule has 0 bridgehead atoms. The van der Waals surface area contributed by atoms with Gasteiger partial charge in [-0.1, -0.05) is 12.1 Å². The molecule has 2 aromatic carbocycles. The van der Waals surface area contributed by atoms with Gasteiger partial charge in [-0.15, -0.1) is 0 Å². The van der Waals surface area contributed by atoms with Gasteiger partial charge in [0.05, 0.1) is 5.69 Å². The van der Waals surface area contributed by atoms with E-state index in [2.05, 4.69) is 4.98 Å². The number of amides is 2. The summed E-state index contributed by atoms with van der Waals surface area (Å²) in [4.78, 5) is 29.2. The van der Waals surface area contributed by atoms with Crippen molar-refractivity contribution in [2.45, 2.75) is 0 Å². The normalized spacial score (nSPS) is 13.0. The van der Waals surface area contributed by atoms with E-state index in [1.54, 1.807) is 36.3 Å². The maximum absolute atomic E-state index is 11.9. The standard InChI is InChI=1S/C21H18N4O3/c1-25-17-10-13(5-6-18(17)28-12-20(25)26)14-7-8-23-19(11-14)24-16-4-2-3-15(9-16)21(22)27/h2-11H,12H2,1H3,(H2,22,27)(H,23,24)/p+1. The Bertz CT molecular complexity index is 1080. The molecular weight excluding hydrogens is 356 g/mol. The molecule has 0 radical (unpaired) electrons. The minimum Gasteiger partial charge on any atom is -0.482 e. The summed E-state index contributed by atoms with van der Waals surface area (Å²) in [5, 5.41) is 1.88. The second-order valence-corrected chi connectivity index (χ2v) is 6.53. The van der Waals surface area contributed by atoms with Crippen molar-refractivity contribution in [3.63, 3.8) is 0 Å². The fourth-order valence-electron chi connectivity index (χ4n) is 3.11. The number of anilines is 1. The first kappa shape index (κ1) is 17.7. The second-order valence-electron chi connectivity index (χ2n) is 6.53. The lowest BCUT2D eigenvalue weighted by Crippen LogP contribution is -2.71. The number of carbonyl (C=O) groups is 2. The highest BCUT2D eigenvalue weighted by molar-refractivity contribution is 5.98. The Labute approximate surface area is 161 Å². The quantitative estimate of drug-likeness (QED) is 0.678. The fraction of sp³-hybridized carbons (Fsp3) is 0.0952. The molecule has 4 N–H and O–H groups in total. The van der Waals surface area contributed by atoms with Gasteiger partial charge in [-0.25, -0.2) is 4.98 Å². The maximum atomic E-state index is 11.9. The number of primary amides is 1. The van der Waals surface area contributed by atoms with Crippen molar-refractivity contribution >= 4 is 29.0 Å². The average molecular weight is 375 g/mol. The Morgan fingerprint density at radius 1 is 1.14 bits per heavy atom. The number of likely N-dealkylation sites (N-methyl/N-ethyl adjacent to an activating group) is 1. The number of carbonyl (C=O) groups excluding carboxylic acids is 2. The molecule has 0 saturated carbocycles. The molecule has 0 spiro atoms. The summed E-state index contributed by atoms with van der Waals surface area (Å²) in [6.07, 6.45) is 1.73. The molecule has 2 heterocycles. The molecule has 140 valence electrons. The number of rotatable bonds is 4. The molecular formula is C21H19N4O3+. The number of aromatic nitrogens is 1. The highest BCUT2D eigenvalue weighted by Crippen LogP contribution is 2.35. The van der Waals surface area contributed by atoms with E-state index >= 15 is 0 Å². The zero-order chi connectivity index (χ0) is 19.7. The van der Waals surface area contributed by atoms with E-state index in [1.807, 2.05) is 41.7 Å². The molecule has 7 heteroatoms. The summed E-state index contributed by atoms with van der Waals surface area (Å²) in [6, 6.07) is 16.7. The molecule has 0 atom stereocenters. The Balaban J connectivity index is 1.64. The summed E-state index contributed by atoms with van der Waals surface area (Å²) in [5.74, 6) is 0.891.